The van der Waals surface area contributed by atoms with E-state index >= 15 is 0 Å². The van der Waals surface area contributed by atoms with Gasteiger partial charge in [-0.2, -0.15) is 0 Å². The molecule has 0 saturated carbocycles. The normalized spacial score (nSPS) is 11.6. The number of hydroxylamine groups is 2. The lowest BCUT2D eigenvalue weighted by atomic mass is 10.1. The fraction of sp³-hybridized carbons (Fsp3) is 0.300. The minimum Gasteiger partial charge on any atom is -0.480 e. The van der Waals surface area contributed by atoms with Crippen LogP contribution >= 0.6 is 0 Å². The van der Waals surface area contributed by atoms with Gasteiger partial charge in [0, 0.05) is 13.1 Å². The minimum absolute atomic E-state index is 0.306. The first kappa shape index (κ1) is 15.5. The molecule has 0 aliphatic carbocycles. The molecule has 0 radical (unpaired) electrons. The summed E-state index contributed by atoms with van der Waals surface area (Å²) in [4.78, 5) is 10.6. The first-order valence-corrected chi connectivity index (χ1v) is 4.89. The molecule has 1 atom stereocenters. The largest absolute Gasteiger partial charge is 0.480 e. The Morgan fingerprint density at radius 3 is 1.94 bits per heavy atom. The van der Waals surface area contributed by atoms with Crippen molar-refractivity contribution in [1.82, 2.24) is 5.23 Å². The average molecular weight is 243 g/mol. The van der Waals surface area contributed by atoms with E-state index in [4.69, 9.17) is 27.0 Å². The number of hydrogen-bond acceptors (Lipinski definition) is 6. The van der Waals surface area contributed by atoms with Crippen LogP contribution in [-0.2, 0) is 4.79 Å². The molecule has 0 aliphatic heterocycles. The van der Waals surface area contributed by atoms with E-state index < -0.39 is 12.0 Å². The monoisotopic (exact) mass is 243 g/mol. The second-order valence-corrected chi connectivity index (χ2v) is 3.05. The molecule has 1 rings (SSSR count). The summed E-state index contributed by atoms with van der Waals surface area (Å²) < 4.78 is 0. The van der Waals surface area contributed by atoms with Gasteiger partial charge in [-0.3, -0.25) is 10.4 Å². The van der Waals surface area contributed by atoms with Gasteiger partial charge in [-0.05, 0) is 5.56 Å². The third-order valence-corrected chi connectivity index (χ3v) is 1.75. The van der Waals surface area contributed by atoms with Gasteiger partial charge in [-0.1, -0.05) is 35.6 Å². The van der Waals surface area contributed by atoms with Gasteiger partial charge in [0.05, 0.1) is 0 Å². The van der Waals surface area contributed by atoms with Crippen LogP contribution in [0.3, 0.4) is 0 Å². The molecule has 17 heavy (non-hydrogen) atoms. The first-order valence-electron chi connectivity index (χ1n) is 4.89. The molecule has 1 aromatic carbocycles. The summed E-state index contributed by atoms with van der Waals surface area (Å²) in [5, 5.41) is 25.6. The molecule has 0 bridgehead atoms. The van der Waals surface area contributed by atoms with E-state index in [1.807, 2.05) is 0 Å². The summed E-state index contributed by atoms with van der Waals surface area (Å²) in [6.07, 6.45) is 0. The number of nitrogens with two attached hydrogens (primary N) is 2. The molecule has 1 aromatic rings. The third kappa shape index (κ3) is 5.95. The highest BCUT2D eigenvalue weighted by Crippen LogP contribution is 2.16. The summed E-state index contributed by atoms with van der Waals surface area (Å²) in [5.74, 6) is -1.32. The van der Waals surface area contributed by atoms with Gasteiger partial charge < -0.3 is 16.6 Å². The summed E-state index contributed by atoms with van der Waals surface area (Å²) in [5.41, 5.74) is 10.1. The highest BCUT2D eigenvalue weighted by atomic mass is 16.8. The zero-order valence-electron chi connectivity index (χ0n) is 9.23. The number of carboxylic acid groups (broad SMARTS) is 1. The van der Waals surface area contributed by atoms with Crippen LogP contribution in [0, 0.1) is 0 Å². The molecule has 0 fully saturated rings. The van der Waals surface area contributed by atoms with E-state index in [2.05, 4.69) is 0 Å². The van der Waals surface area contributed by atoms with Crippen molar-refractivity contribution in [2.24, 2.45) is 11.5 Å². The maximum atomic E-state index is 10.6. The summed E-state index contributed by atoms with van der Waals surface area (Å²) in [7, 11) is 0. The molecule has 0 aliphatic rings. The van der Waals surface area contributed by atoms with Crippen LogP contribution in [-0.4, -0.2) is 39.8 Å². The predicted molar refractivity (Wildman–Crippen MR) is 60.3 cm³/mol. The van der Waals surface area contributed by atoms with Crippen molar-refractivity contribution < 1.29 is 20.3 Å². The van der Waals surface area contributed by atoms with Crippen LogP contribution in [0.25, 0.3) is 0 Å². The van der Waals surface area contributed by atoms with Crippen LogP contribution in [0.1, 0.15) is 11.6 Å². The summed E-state index contributed by atoms with van der Waals surface area (Å²) >= 11 is 0. The quantitative estimate of drug-likeness (QED) is 0.462. The molecule has 0 amide bonds. The van der Waals surface area contributed by atoms with Gasteiger partial charge in [0.15, 0.2) is 6.04 Å². The highest BCUT2D eigenvalue weighted by molar-refractivity contribution is 5.75. The topological polar surface area (TPSA) is 133 Å². The molecule has 7 N–H and O–H groups in total. The lowest BCUT2D eigenvalue weighted by Crippen LogP contribution is -2.28. The van der Waals surface area contributed by atoms with Crippen LogP contribution in [0.2, 0.25) is 0 Å². The van der Waals surface area contributed by atoms with Crippen molar-refractivity contribution in [1.29, 1.82) is 0 Å². The third-order valence-electron chi connectivity index (χ3n) is 1.75. The van der Waals surface area contributed by atoms with Gasteiger partial charge in [0.2, 0.25) is 0 Å². The van der Waals surface area contributed by atoms with Gasteiger partial charge in [0.1, 0.15) is 0 Å². The number of rotatable bonds is 4. The molecule has 7 heteroatoms. The Labute approximate surface area is 98.8 Å². The van der Waals surface area contributed by atoms with Crippen molar-refractivity contribution in [2.75, 3.05) is 13.1 Å². The number of aliphatic carboxylic acids is 1. The zero-order valence-corrected chi connectivity index (χ0v) is 9.23. The van der Waals surface area contributed by atoms with E-state index in [9.17, 15) is 4.79 Å². The van der Waals surface area contributed by atoms with Crippen LogP contribution in [0.5, 0.6) is 0 Å². The van der Waals surface area contributed by atoms with Crippen molar-refractivity contribution in [3.63, 3.8) is 0 Å². The van der Waals surface area contributed by atoms with Crippen LogP contribution in [0.15, 0.2) is 30.3 Å². The molecule has 0 saturated heterocycles. The number of nitrogens with zero attached hydrogens (tertiary/aromatic N) is 1. The SMILES string of the molecule is NCCN.O=C(O)C(c1ccccc1)N(O)O. The van der Waals surface area contributed by atoms with Crippen LogP contribution in [0.4, 0.5) is 0 Å². The Morgan fingerprint density at radius 1 is 1.18 bits per heavy atom. The fourth-order valence-electron chi connectivity index (χ4n) is 1.01. The fourth-order valence-corrected chi connectivity index (χ4v) is 1.01. The van der Waals surface area contributed by atoms with E-state index in [1.165, 1.54) is 12.1 Å². The second kappa shape index (κ2) is 8.62. The van der Waals surface area contributed by atoms with Gasteiger partial charge in [0.25, 0.3) is 0 Å². The summed E-state index contributed by atoms with van der Waals surface area (Å²) in [6.45, 7) is 1.19. The Balaban J connectivity index is 0.000000557. The average Bonchev–Trinajstić information content (AvgIpc) is 2.30. The Hall–Kier alpha value is -1.51. The summed E-state index contributed by atoms with van der Waals surface area (Å²) in [6, 6.07) is 6.50. The van der Waals surface area contributed by atoms with E-state index in [0.717, 1.165) is 0 Å². The second-order valence-electron chi connectivity index (χ2n) is 3.05. The van der Waals surface area contributed by atoms with Gasteiger partial charge in [-0.15, -0.1) is 0 Å². The van der Waals surface area contributed by atoms with Gasteiger partial charge >= 0.3 is 5.97 Å². The predicted octanol–water partition coefficient (Wildman–Crippen LogP) is -0.203. The molecule has 96 valence electrons. The van der Waals surface area contributed by atoms with E-state index in [0.29, 0.717) is 18.7 Å². The van der Waals surface area contributed by atoms with Crippen molar-refractivity contribution >= 4 is 5.97 Å². The van der Waals surface area contributed by atoms with E-state index in [-0.39, 0.29) is 5.23 Å². The maximum Gasteiger partial charge on any atom is 0.330 e. The lowest BCUT2D eigenvalue weighted by molar-refractivity contribution is -0.329. The number of carbonyl (C=O) groups is 1. The molecular formula is C10H17N3O4. The Bertz CT molecular complexity index is 317. The standard InChI is InChI=1S/C8H9NO4.C2H8N2/c10-8(11)7(9(12)13)6-4-2-1-3-5-6;3-1-2-4/h1-5,7,12-13H,(H,10,11);1-4H2. The highest BCUT2D eigenvalue weighted by Gasteiger charge is 2.24. The Morgan fingerprint density at radius 2 is 1.65 bits per heavy atom. The molecule has 7 nitrogen and oxygen atoms in total. The first-order chi connectivity index (χ1) is 8.04. The molecular weight excluding hydrogens is 226 g/mol. The molecule has 0 aromatic heterocycles. The number of hydrogen-bond donors (Lipinski definition) is 5. The molecule has 0 spiro atoms. The van der Waals surface area contributed by atoms with Gasteiger partial charge in [-0.25, -0.2) is 4.79 Å². The lowest BCUT2D eigenvalue weighted by Gasteiger charge is -2.15. The molecule has 0 heterocycles. The van der Waals surface area contributed by atoms with Crippen molar-refractivity contribution in [3.8, 4) is 0 Å². The number of carboxylic acids is 1. The minimum atomic E-state index is -1.44. The smallest absolute Gasteiger partial charge is 0.330 e. The van der Waals surface area contributed by atoms with Crippen molar-refractivity contribution in [3.05, 3.63) is 35.9 Å². The zero-order chi connectivity index (χ0) is 13.3. The molecule has 1 unspecified atom stereocenters. The Kier molecular flexibility index (Phi) is 7.85. The number of benzene rings is 1. The van der Waals surface area contributed by atoms with E-state index in [1.54, 1.807) is 18.2 Å². The van der Waals surface area contributed by atoms with Crippen LogP contribution < -0.4 is 11.5 Å². The maximum absolute atomic E-state index is 10.6. The van der Waals surface area contributed by atoms with Crippen molar-refractivity contribution in [2.45, 2.75) is 6.04 Å².